The van der Waals surface area contributed by atoms with E-state index in [1.165, 1.54) is 22.4 Å². The molecule has 0 amide bonds. The molecule has 3 heteroatoms. The van der Waals surface area contributed by atoms with E-state index in [-0.39, 0.29) is 0 Å². The molecule has 0 spiro atoms. The second kappa shape index (κ2) is 5.25. The van der Waals surface area contributed by atoms with Gasteiger partial charge in [-0.15, -0.1) is 0 Å². The van der Waals surface area contributed by atoms with E-state index in [2.05, 4.69) is 62.5 Å². The number of aromatic nitrogens is 2. The van der Waals surface area contributed by atoms with Crippen LogP contribution in [0.25, 0.3) is 0 Å². The fourth-order valence-corrected chi connectivity index (χ4v) is 1.96. The zero-order valence-corrected chi connectivity index (χ0v) is 11.6. The van der Waals surface area contributed by atoms with Crippen LogP contribution < -0.4 is 5.32 Å². The molecule has 0 saturated carbocycles. The fourth-order valence-electron chi connectivity index (χ4n) is 1.96. The van der Waals surface area contributed by atoms with Gasteiger partial charge in [-0.3, -0.25) is 4.68 Å². The van der Waals surface area contributed by atoms with Crippen LogP contribution in [0.4, 0.5) is 5.69 Å². The Hall–Kier alpha value is -1.77. The summed E-state index contributed by atoms with van der Waals surface area (Å²) in [7, 11) is 0. The zero-order chi connectivity index (χ0) is 13.1. The lowest BCUT2D eigenvalue weighted by Gasteiger charge is -2.09. The predicted octanol–water partition coefficient (Wildman–Crippen LogP) is 3.69. The summed E-state index contributed by atoms with van der Waals surface area (Å²) in [6.07, 6.45) is 4.03. The largest absolute Gasteiger partial charge is 0.381 e. The van der Waals surface area contributed by atoms with Crippen LogP contribution in [0.1, 0.15) is 36.6 Å². The van der Waals surface area contributed by atoms with Crippen molar-refractivity contribution in [1.82, 2.24) is 9.78 Å². The molecule has 1 heterocycles. The van der Waals surface area contributed by atoms with Crippen molar-refractivity contribution in [1.29, 1.82) is 0 Å². The van der Waals surface area contributed by atoms with Gasteiger partial charge in [0.2, 0.25) is 0 Å². The van der Waals surface area contributed by atoms with E-state index in [0.29, 0.717) is 6.04 Å². The van der Waals surface area contributed by atoms with Crippen molar-refractivity contribution in [2.24, 2.45) is 0 Å². The maximum Gasteiger partial charge on any atom is 0.0539 e. The van der Waals surface area contributed by atoms with Gasteiger partial charge in [-0.05, 0) is 39.3 Å². The van der Waals surface area contributed by atoms with E-state index in [4.69, 9.17) is 0 Å². The van der Waals surface area contributed by atoms with Crippen LogP contribution in [-0.4, -0.2) is 9.78 Å². The number of hydrogen-bond acceptors (Lipinski definition) is 2. The molecule has 0 aliphatic heterocycles. The Labute approximate surface area is 109 Å². The molecule has 18 heavy (non-hydrogen) atoms. The van der Waals surface area contributed by atoms with Crippen LogP contribution in [0.3, 0.4) is 0 Å². The fraction of sp³-hybridized carbons (Fsp3) is 0.400. The van der Waals surface area contributed by atoms with Crippen LogP contribution in [0, 0.1) is 13.8 Å². The van der Waals surface area contributed by atoms with Gasteiger partial charge >= 0.3 is 0 Å². The highest BCUT2D eigenvalue weighted by atomic mass is 15.3. The molecule has 2 aromatic rings. The summed E-state index contributed by atoms with van der Waals surface area (Å²) >= 11 is 0. The summed E-state index contributed by atoms with van der Waals surface area (Å²) in [5.74, 6) is 0. The first-order valence-electron chi connectivity index (χ1n) is 6.40. The lowest BCUT2D eigenvalue weighted by atomic mass is 10.1. The Kier molecular flexibility index (Phi) is 3.70. The van der Waals surface area contributed by atoms with Gasteiger partial charge in [0, 0.05) is 30.0 Å². The van der Waals surface area contributed by atoms with Crippen LogP contribution in [0.2, 0.25) is 0 Å². The average molecular weight is 243 g/mol. The molecule has 1 N–H and O–H groups in total. The van der Waals surface area contributed by atoms with Crippen LogP contribution >= 0.6 is 0 Å². The first-order valence-corrected chi connectivity index (χ1v) is 6.40. The number of aryl methyl sites for hydroxylation is 2. The van der Waals surface area contributed by atoms with Crippen molar-refractivity contribution >= 4 is 5.69 Å². The third kappa shape index (κ3) is 2.92. The minimum Gasteiger partial charge on any atom is -0.381 e. The van der Waals surface area contributed by atoms with Gasteiger partial charge in [-0.25, -0.2) is 0 Å². The van der Waals surface area contributed by atoms with E-state index in [0.717, 1.165) is 6.54 Å². The maximum atomic E-state index is 4.34. The van der Waals surface area contributed by atoms with Crippen LogP contribution in [-0.2, 0) is 6.54 Å². The molecule has 3 nitrogen and oxygen atoms in total. The van der Waals surface area contributed by atoms with Crippen LogP contribution in [0.15, 0.2) is 30.6 Å². The highest BCUT2D eigenvalue weighted by Gasteiger charge is 2.02. The first kappa shape index (κ1) is 12.7. The highest BCUT2D eigenvalue weighted by Crippen LogP contribution is 2.17. The third-order valence-corrected chi connectivity index (χ3v) is 3.05. The quantitative estimate of drug-likeness (QED) is 0.887. The molecule has 0 unspecified atom stereocenters. The van der Waals surface area contributed by atoms with Gasteiger partial charge < -0.3 is 5.32 Å². The van der Waals surface area contributed by atoms with Gasteiger partial charge in [0.15, 0.2) is 0 Å². The van der Waals surface area contributed by atoms with Crippen LogP contribution in [0.5, 0.6) is 0 Å². The molecule has 0 atom stereocenters. The molecular weight excluding hydrogens is 222 g/mol. The number of benzene rings is 1. The Morgan fingerprint density at radius 2 is 2.06 bits per heavy atom. The van der Waals surface area contributed by atoms with Gasteiger partial charge in [-0.2, -0.15) is 5.10 Å². The molecule has 0 bridgehead atoms. The SMILES string of the molecule is Cc1ccc(NCc2cnn(C(C)C)c2)c(C)c1. The smallest absolute Gasteiger partial charge is 0.0539 e. The first-order chi connectivity index (χ1) is 8.56. The third-order valence-electron chi connectivity index (χ3n) is 3.05. The van der Waals surface area contributed by atoms with E-state index >= 15 is 0 Å². The summed E-state index contributed by atoms with van der Waals surface area (Å²) < 4.78 is 1.99. The Morgan fingerprint density at radius 1 is 1.28 bits per heavy atom. The molecule has 0 saturated heterocycles. The number of nitrogens with zero attached hydrogens (tertiary/aromatic N) is 2. The lowest BCUT2D eigenvalue weighted by molar-refractivity contribution is 0.532. The van der Waals surface area contributed by atoms with Crippen molar-refractivity contribution in [2.45, 2.75) is 40.3 Å². The topological polar surface area (TPSA) is 29.9 Å². The highest BCUT2D eigenvalue weighted by molar-refractivity contribution is 5.52. The number of hydrogen-bond donors (Lipinski definition) is 1. The normalized spacial score (nSPS) is 10.9. The van der Waals surface area contributed by atoms with E-state index in [1.54, 1.807) is 0 Å². The summed E-state index contributed by atoms with van der Waals surface area (Å²) in [4.78, 5) is 0. The van der Waals surface area contributed by atoms with Gasteiger partial charge in [0.25, 0.3) is 0 Å². The summed E-state index contributed by atoms with van der Waals surface area (Å²) in [6, 6.07) is 6.88. The molecule has 0 aliphatic rings. The van der Waals surface area contributed by atoms with Gasteiger partial charge in [0.05, 0.1) is 6.20 Å². The van der Waals surface area contributed by atoms with Crippen molar-refractivity contribution < 1.29 is 0 Å². The molecule has 0 fully saturated rings. The molecule has 0 aliphatic carbocycles. The Morgan fingerprint density at radius 3 is 2.67 bits per heavy atom. The molecule has 1 aromatic heterocycles. The van der Waals surface area contributed by atoms with Gasteiger partial charge in [-0.1, -0.05) is 17.7 Å². The molecular formula is C15H21N3. The molecule has 1 aromatic carbocycles. The Balaban J connectivity index is 2.02. The van der Waals surface area contributed by atoms with Gasteiger partial charge in [0.1, 0.15) is 0 Å². The zero-order valence-electron chi connectivity index (χ0n) is 11.6. The van der Waals surface area contributed by atoms with Crippen molar-refractivity contribution in [3.8, 4) is 0 Å². The molecule has 2 rings (SSSR count). The maximum absolute atomic E-state index is 4.34. The average Bonchev–Trinajstić information content (AvgIpc) is 2.76. The lowest BCUT2D eigenvalue weighted by Crippen LogP contribution is -2.02. The number of rotatable bonds is 4. The summed E-state index contributed by atoms with van der Waals surface area (Å²) in [5.41, 5.74) is 4.98. The van der Waals surface area contributed by atoms with E-state index < -0.39 is 0 Å². The predicted molar refractivity (Wildman–Crippen MR) is 75.9 cm³/mol. The minimum absolute atomic E-state index is 0.417. The number of anilines is 1. The Bertz CT molecular complexity index is 526. The monoisotopic (exact) mass is 243 g/mol. The second-order valence-electron chi connectivity index (χ2n) is 5.09. The summed E-state index contributed by atoms with van der Waals surface area (Å²) in [6.45, 7) is 9.33. The second-order valence-corrected chi connectivity index (χ2v) is 5.09. The standard InChI is InChI=1S/C15H21N3/c1-11(2)18-10-14(9-17-18)8-16-15-6-5-12(3)7-13(15)4/h5-7,9-11,16H,8H2,1-4H3. The van der Waals surface area contributed by atoms with Crippen molar-refractivity contribution in [2.75, 3.05) is 5.32 Å². The van der Waals surface area contributed by atoms with Crippen molar-refractivity contribution in [3.05, 3.63) is 47.3 Å². The van der Waals surface area contributed by atoms with E-state index in [9.17, 15) is 0 Å². The van der Waals surface area contributed by atoms with E-state index in [1.807, 2.05) is 10.9 Å². The molecule has 96 valence electrons. The number of nitrogens with one attached hydrogen (secondary N) is 1. The minimum atomic E-state index is 0.417. The summed E-state index contributed by atoms with van der Waals surface area (Å²) in [5, 5.41) is 7.80. The van der Waals surface area contributed by atoms with Crippen molar-refractivity contribution in [3.63, 3.8) is 0 Å². The molecule has 0 radical (unpaired) electrons.